The van der Waals surface area contributed by atoms with Crippen molar-refractivity contribution < 1.29 is 9.21 Å². The number of nitrogens with zero attached hydrogens (tertiary/aromatic N) is 3. The van der Waals surface area contributed by atoms with Gasteiger partial charge in [-0.05, 0) is 48.0 Å². The molecule has 182 valence electrons. The lowest BCUT2D eigenvalue weighted by Crippen LogP contribution is -2.34. The number of anilines is 2. The molecule has 2 aromatic carbocycles. The number of Topliss-reactive ketones (excluding diaryl/α,β-unsaturated/α-hetero) is 1. The first-order valence-corrected chi connectivity index (χ1v) is 12.3. The number of carbonyl (C=O) groups is 1. The van der Waals surface area contributed by atoms with Crippen LogP contribution in [0.25, 0.3) is 11.6 Å². The number of hydrogen-bond acceptors (Lipinski definition) is 6. The number of benzene rings is 2. The minimum atomic E-state index is -0.759. The number of aromatic nitrogens is 1. The molecule has 0 amide bonds. The molecule has 4 rings (SSSR count). The minimum Gasteiger partial charge on any atom is -0.467 e. The van der Waals surface area contributed by atoms with Gasteiger partial charge in [0.2, 0.25) is 0 Å². The zero-order valence-corrected chi connectivity index (χ0v) is 21.5. The fraction of sp³-hybridized carbons (Fsp3) is 0.207. The van der Waals surface area contributed by atoms with Crippen LogP contribution >= 0.6 is 11.3 Å². The Morgan fingerprint density at radius 3 is 2.31 bits per heavy atom. The molecule has 0 aliphatic heterocycles. The van der Waals surface area contributed by atoms with Gasteiger partial charge in [-0.1, -0.05) is 51.1 Å². The summed E-state index contributed by atoms with van der Waals surface area (Å²) in [5.74, 6) is 0.260. The first-order valence-electron chi connectivity index (χ1n) is 11.5. The molecule has 0 atom stereocenters. The predicted octanol–water partition coefficient (Wildman–Crippen LogP) is 4.44. The van der Waals surface area contributed by atoms with Crippen molar-refractivity contribution in [1.29, 1.82) is 5.26 Å². The summed E-state index contributed by atoms with van der Waals surface area (Å²) in [5, 5.41) is 9.88. The third-order valence-electron chi connectivity index (χ3n) is 5.76. The van der Waals surface area contributed by atoms with E-state index in [1.54, 1.807) is 39.0 Å². The molecule has 2 aromatic heterocycles. The summed E-state index contributed by atoms with van der Waals surface area (Å²) >= 11 is 1.15. The predicted molar refractivity (Wildman–Crippen MR) is 144 cm³/mol. The minimum absolute atomic E-state index is 0.0179. The largest absolute Gasteiger partial charge is 0.467 e. The molecule has 0 radical (unpaired) electrons. The van der Waals surface area contributed by atoms with E-state index in [4.69, 9.17) is 4.42 Å². The van der Waals surface area contributed by atoms with E-state index in [0.717, 1.165) is 28.3 Å². The second kappa shape index (κ2) is 10.2. The first-order chi connectivity index (χ1) is 17.2. The van der Waals surface area contributed by atoms with E-state index in [1.165, 1.54) is 10.8 Å². The first kappa shape index (κ1) is 25.0. The van der Waals surface area contributed by atoms with Crippen molar-refractivity contribution in [2.45, 2.75) is 27.3 Å². The van der Waals surface area contributed by atoms with E-state index in [2.05, 4.69) is 11.0 Å². The van der Waals surface area contributed by atoms with Crippen LogP contribution in [0, 0.1) is 16.7 Å². The van der Waals surface area contributed by atoms with Gasteiger partial charge in [-0.2, -0.15) is 5.26 Å². The molecule has 0 fully saturated rings. The van der Waals surface area contributed by atoms with Crippen LogP contribution in [-0.4, -0.2) is 17.4 Å². The van der Waals surface area contributed by atoms with E-state index < -0.39 is 5.41 Å². The van der Waals surface area contributed by atoms with Gasteiger partial charge in [-0.3, -0.25) is 14.2 Å². The molecular weight excluding hydrogens is 470 g/mol. The lowest BCUT2D eigenvalue weighted by molar-refractivity contribution is -0.120. The van der Waals surface area contributed by atoms with Crippen molar-refractivity contribution in [3.8, 4) is 6.07 Å². The molecular formula is C29H27N3O3S. The molecule has 0 saturated heterocycles. The molecule has 0 saturated carbocycles. The number of hydrogen-bond donors (Lipinski definition) is 0. The summed E-state index contributed by atoms with van der Waals surface area (Å²) in [6.07, 6.45) is 3.32. The fourth-order valence-corrected chi connectivity index (χ4v) is 4.82. The van der Waals surface area contributed by atoms with Crippen LogP contribution in [0.3, 0.4) is 0 Å². The molecule has 0 N–H and O–H groups in total. The Morgan fingerprint density at radius 2 is 1.72 bits per heavy atom. The van der Waals surface area contributed by atoms with E-state index in [0.29, 0.717) is 15.0 Å². The zero-order chi connectivity index (χ0) is 25.9. The fourth-order valence-electron chi connectivity index (χ4n) is 3.72. The van der Waals surface area contributed by atoms with Crippen molar-refractivity contribution in [2.24, 2.45) is 5.41 Å². The van der Waals surface area contributed by atoms with Gasteiger partial charge in [0.1, 0.15) is 22.1 Å². The highest BCUT2D eigenvalue weighted by Gasteiger charge is 2.27. The molecule has 0 aliphatic rings. The van der Waals surface area contributed by atoms with Gasteiger partial charge in [0.05, 0.1) is 17.3 Å². The summed E-state index contributed by atoms with van der Waals surface area (Å²) in [4.78, 5) is 28.6. The smallest absolute Gasteiger partial charge is 0.269 e. The van der Waals surface area contributed by atoms with Gasteiger partial charge in [0.15, 0.2) is 5.78 Å². The summed E-state index contributed by atoms with van der Waals surface area (Å²) < 4.78 is 7.67. The molecule has 0 bridgehead atoms. The number of nitriles is 1. The lowest BCUT2D eigenvalue weighted by atomic mass is 9.87. The molecule has 0 aliphatic carbocycles. The highest BCUT2D eigenvalue weighted by molar-refractivity contribution is 7.07. The SMILES string of the molecule is CN(c1ccccc1)c1ccc(C=c2sc(=C(C#N)C(=O)C(C)(C)C)n(Cc3ccco3)c2=O)cc1. The molecule has 0 unspecified atom stereocenters. The highest BCUT2D eigenvalue weighted by Crippen LogP contribution is 2.23. The van der Waals surface area contributed by atoms with Crippen LogP contribution < -0.4 is 19.7 Å². The summed E-state index contributed by atoms with van der Waals surface area (Å²) in [6.45, 7) is 5.41. The van der Waals surface area contributed by atoms with Crippen LogP contribution in [0.5, 0.6) is 0 Å². The van der Waals surface area contributed by atoms with Crippen LogP contribution in [0.4, 0.5) is 11.4 Å². The van der Waals surface area contributed by atoms with E-state index >= 15 is 0 Å². The maximum absolute atomic E-state index is 13.4. The summed E-state index contributed by atoms with van der Waals surface area (Å²) in [5.41, 5.74) is 1.88. The number of carbonyl (C=O) groups excluding carboxylic acids is 1. The maximum atomic E-state index is 13.4. The van der Waals surface area contributed by atoms with Gasteiger partial charge in [-0.25, -0.2) is 0 Å². The average Bonchev–Trinajstić information content (AvgIpc) is 3.49. The van der Waals surface area contributed by atoms with Gasteiger partial charge in [0, 0.05) is 23.8 Å². The molecule has 2 heterocycles. The quantitative estimate of drug-likeness (QED) is 0.394. The van der Waals surface area contributed by atoms with Crippen LogP contribution in [0.15, 0.2) is 82.2 Å². The number of furan rings is 1. The number of rotatable bonds is 6. The van der Waals surface area contributed by atoms with Gasteiger partial charge in [-0.15, -0.1) is 11.3 Å². The Labute approximate surface area is 213 Å². The maximum Gasteiger partial charge on any atom is 0.269 e. The van der Waals surface area contributed by atoms with Crippen LogP contribution in [0.1, 0.15) is 32.1 Å². The van der Waals surface area contributed by atoms with Gasteiger partial charge in [0.25, 0.3) is 5.56 Å². The molecule has 7 heteroatoms. The lowest BCUT2D eigenvalue weighted by Gasteiger charge is -2.19. The Morgan fingerprint density at radius 1 is 1.06 bits per heavy atom. The van der Waals surface area contributed by atoms with Crippen molar-refractivity contribution >= 4 is 40.1 Å². The summed E-state index contributed by atoms with van der Waals surface area (Å²) in [7, 11) is 2.00. The monoisotopic (exact) mass is 497 g/mol. The van der Waals surface area contributed by atoms with E-state index in [-0.39, 0.29) is 23.5 Å². The topological polar surface area (TPSA) is 79.2 Å². The Balaban J connectivity index is 1.81. The van der Waals surface area contributed by atoms with Crippen molar-refractivity contribution in [3.05, 3.63) is 104 Å². The van der Waals surface area contributed by atoms with E-state index in [9.17, 15) is 14.9 Å². The third kappa shape index (κ3) is 5.24. The second-order valence-electron chi connectivity index (χ2n) is 9.44. The number of thiazole rings is 1. The van der Waals surface area contributed by atoms with Crippen molar-refractivity contribution in [3.63, 3.8) is 0 Å². The van der Waals surface area contributed by atoms with Crippen LogP contribution in [0.2, 0.25) is 0 Å². The molecule has 0 spiro atoms. The Bertz CT molecular complexity index is 1580. The Kier molecular flexibility index (Phi) is 7.09. The van der Waals surface area contributed by atoms with Crippen molar-refractivity contribution in [2.75, 3.05) is 11.9 Å². The summed E-state index contributed by atoms with van der Waals surface area (Å²) in [6, 6.07) is 23.5. The van der Waals surface area contributed by atoms with Crippen LogP contribution in [-0.2, 0) is 11.3 Å². The van der Waals surface area contributed by atoms with Crippen molar-refractivity contribution in [1.82, 2.24) is 4.57 Å². The number of para-hydroxylation sites is 1. The second-order valence-corrected chi connectivity index (χ2v) is 10.5. The normalized spacial score (nSPS) is 12.8. The molecule has 4 aromatic rings. The zero-order valence-electron chi connectivity index (χ0n) is 20.7. The Hall–Kier alpha value is -4.15. The van der Waals surface area contributed by atoms with Gasteiger partial charge >= 0.3 is 0 Å². The number of ketones is 1. The van der Waals surface area contributed by atoms with Gasteiger partial charge < -0.3 is 9.32 Å². The van der Waals surface area contributed by atoms with E-state index in [1.807, 2.05) is 61.6 Å². The molecule has 36 heavy (non-hydrogen) atoms. The molecule has 6 nitrogen and oxygen atoms in total. The standard InChI is InChI=1S/C29H27N3O3S/c1-29(2,3)26(33)24(18-30)28-32(19-23-11-8-16-35-23)27(34)25(36-28)17-20-12-14-22(15-13-20)31(4)21-9-6-5-7-10-21/h5-17H,19H2,1-4H3. The third-order valence-corrected chi connectivity index (χ3v) is 6.89. The average molecular weight is 498 g/mol. The highest BCUT2D eigenvalue weighted by atomic mass is 32.1.